The van der Waals surface area contributed by atoms with Crippen molar-refractivity contribution in [1.29, 1.82) is 5.41 Å². The van der Waals surface area contributed by atoms with E-state index >= 15 is 0 Å². The number of carboxylic acids is 1. The van der Waals surface area contributed by atoms with E-state index in [1.807, 2.05) is 0 Å². The van der Waals surface area contributed by atoms with Crippen LogP contribution in [0.25, 0.3) is 0 Å². The lowest BCUT2D eigenvalue weighted by Gasteiger charge is -2.22. The van der Waals surface area contributed by atoms with E-state index < -0.39 is 30.0 Å². The van der Waals surface area contributed by atoms with Crippen molar-refractivity contribution in [2.75, 3.05) is 6.54 Å². The van der Waals surface area contributed by atoms with Crippen molar-refractivity contribution in [3.8, 4) is 0 Å². The van der Waals surface area contributed by atoms with E-state index in [2.05, 4.69) is 5.32 Å². The number of nitrogens with two attached hydrogens (primary N) is 1. The van der Waals surface area contributed by atoms with Gasteiger partial charge in [0.05, 0.1) is 0 Å². The van der Waals surface area contributed by atoms with Gasteiger partial charge in [0.15, 0.2) is 0 Å². The van der Waals surface area contributed by atoms with Gasteiger partial charge in [0.25, 0.3) is 5.91 Å². The van der Waals surface area contributed by atoms with Crippen molar-refractivity contribution in [2.45, 2.75) is 12.5 Å². The van der Waals surface area contributed by atoms with Crippen molar-refractivity contribution < 1.29 is 19.5 Å². The van der Waals surface area contributed by atoms with Crippen molar-refractivity contribution in [3.05, 3.63) is 35.4 Å². The first kappa shape index (κ1) is 14.5. The van der Waals surface area contributed by atoms with Gasteiger partial charge in [-0.25, -0.2) is 4.79 Å². The zero-order valence-electron chi connectivity index (χ0n) is 11.2. The highest BCUT2D eigenvalue weighted by Crippen LogP contribution is 2.28. The van der Waals surface area contributed by atoms with Crippen molar-refractivity contribution in [3.63, 3.8) is 0 Å². The Morgan fingerprint density at radius 3 is 2.43 bits per heavy atom. The van der Waals surface area contributed by atoms with E-state index in [0.29, 0.717) is 16.0 Å². The smallest absolute Gasteiger partial charge is 0.325 e. The third-order valence-corrected chi connectivity index (χ3v) is 3.34. The van der Waals surface area contributed by atoms with Gasteiger partial charge in [0.2, 0.25) is 0 Å². The highest BCUT2D eigenvalue weighted by molar-refractivity contribution is 6.08. The number of carboxylic acid groups (broad SMARTS) is 1. The molecular weight excluding hydrogens is 276 g/mol. The SMILES string of the molecule is C[C@@]1(c2ccc(C(=N)N)cc2)NC(=O)N(CC(=O)O)C1=O. The van der Waals surface area contributed by atoms with Crippen LogP contribution >= 0.6 is 0 Å². The third kappa shape index (κ3) is 2.42. The average Bonchev–Trinajstić information content (AvgIpc) is 2.63. The summed E-state index contributed by atoms with van der Waals surface area (Å²) in [5, 5.41) is 18.5. The molecule has 8 heteroatoms. The molecule has 1 aromatic carbocycles. The van der Waals surface area contributed by atoms with Gasteiger partial charge in [-0.3, -0.25) is 19.9 Å². The number of nitrogens with zero attached hydrogens (tertiary/aromatic N) is 1. The van der Waals surface area contributed by atoms with E-state index in [1.165, 1.54) is 6.92 Å². The van der Waals surface area contributed by atoms with Gasteiger partial charge in [-0.15, -0.1) is 0 Å². The summed E-state index contributed by atoms with van der Waals surface area (Å²) in [6.45, 7) is 0.809. The second-order valence-corrected chi connectivity index (χ2v) is 4.83. The second kappa shape index (κ2) is 4.89. The molecule has 0 aromatic heterocycles. The summed E-state index contributed by atoms with van der Waals surface area (Å²) in [5.74, 6) is -2.01. The van der Waals surface area contributed by atoms with E-state index in [-0.39, 0.29) is 5.84 Å². The van der Waals surface area contributed by atoms with Crippen LogP contribution in [0.1, 0.15) is 18.1 Å². The number of amidine groups is 1. The predicted molar refractivity (Wildman–Crippen MR) is 72.7 cm³/mol. The van der Waals surface area contributed by atoms with Gasteiger partial charge < -0.3 is 16.2 Å². The lowest BCUT2D eigenvalue weighted by atomic mass is 9.91. The summed E-state index contributed by atoms with van der Waals surface area (Å²) in [6.07, 6.45) is 0. The van der Waals surface area contributed by atoms with E-state index in [4.69, 9.17) is 16.2 Å². The lowest BCUT2D eigenvalue weighted by molar-refractivity contribution is -0.142. The number of imide groups is 1. The predicted octanol–water partition coefficient (Wildman–Crippen LogP) is -0.178. The number of hydrogen-bond donors (Lipinski definition) is 4. The number of benzene rings is 1. The Hall–Kier alpha value is -2.90. The number of carbonyl (C=O) groups excluding carboxylic acids is 2. The first-order valence-electron chi connectivity index (χ1n) is 6.06. The number of carbonyl (C=O) groups is 3. The van der Waals surface area contributed by atoms with Gasteiger partial charge in [-0.2, -0.15) is 0 Å². The number of urea groups is 1. The minimum absolute atomic E-state index is 0.110. The van der Waals surface area contributed by atoms with Crippen LogP contribution in [-0.4, -0.2) is 40.3 Å². The van der Waals surface area contributed by atoms with Crippen LogP contribution < -0.4 is 11.1 Å². The van der Waals surface area contributed by atoms with E-state index in [0.717, 1.165) is 0 Å². The molecule has 21 heavy (non-hydrogen) atoms. The van der Waals surface area contributed by atoms with Crippen molar-refractivity contribution in [2.24, 2.45) is 5.73 Å². The maximum Gasteiger partial charge on any atom is 0.325 e. The summed E-state index contributed by atoms with van der Waals surface area (Å²) in [6, 6.07) is 5.50. The van der Waals surface area contributed by atoms with Crippen LogP contribution in [0.3, 0.4) is 0 Å². The van der Waals surface area contributed by atoms with E-state index in [9.17, 15) is 14.4 Å². The van der Waals surface area contributed by atoms with Gasteiger partial charge in [0, 0.05) is 5.56 Å². The van der Waals surface area contributed by atoms with E-state index in [1.54, 1.807) is 24.3 Å². The fraction of sp³-hybridized carbons (Fsp3) is 0.231. The molecule has 1 fully saturated rings. The minimum Gasteiger partial charge on any atom is -0.480 e. The van der Waals surface area contributed by atoms with Crippen molar-refractivity contribution >= 4 is 23.7 Å². The highest BCUT2D eigenvalue weighted by Gasteiger charge is 2.49. The van der Waals surface area contributed by atoms with Crippen LogP contribution in [0.2, 0.25) is 0 Å². The number of rotatable bonds is 4. The highest BCUT2D eigenvalue weighted by atomic mass is 16.4. The molecule has 3 amide bonds. The van der Waals surface area contributed by atoms with Crippen LogP contribution in [0, 0.1) is 5.41 Å². The molecule has 1 aliphatic rings. The largest absolute Gasteiger partial charge is 0.480 e. The summed E-state index contributed by atoms with van der Waals surface area (Å²) >= 11 is 0. The topological polar surface area (TPSA) is 137 Å². The maximum absolute atomic E-state index is 12.3. The number of aliphatic carboxylic acids is 1. The maximum atomic E-state index is 12.3. The monoisotopic (exact) mass is 290 g/mol. The summed E-state index contributed by atoms with van der Waals surface area (Å²) in [4.78, 5) is 35.4. The molecule has 1 heterocycles. The molecule has 1 saturated heterocycles. The molecule has 2 rings (SSSR count). The molecule has 0 aliphatic carbocycles. The molecule has 0 radical (unpaired) electrons. The Morgan fingerprint density at radius 2 is 1.95 bits per heavy atom. The van der Waals surface area contributed by atoms with Crippen LogP contribution in [-0.2, 0) is 15.1 Å². The third-order valence-electron chi connectivity index (χ3n) is 3.34. The summed E-state index contributed by atoms with van der Waals surface area (Å²) < 4.78 is 0. The minimum atomic E-state index is -1.33. The first-order valence-corrected chi connectivity index (χ1v) is 6.06. The zero-order chi connectivity index (χ0) is 15.8. The molecule has 0 unspecified atom stereocenters. The molecule has 0 saturated carbocycles. The number of amides is 3. The van der Waals surface area contributed by atoms with Gasteiger partial charge in [-0.1, -0.05) is 24.3 Å². The fourth-order valence-electron chi connectivity index (χ4n) is 2.15. The van der Waals surface area contributed by atoms with Gasteiger partial charge in [-0.05, 0) is 12.5 Å². The quantitative estimate of drug-likeness (QED) is 0.346. The number of nitrogens with one attached hydrogen (secondary N) is 2. The molecule has 0 bridgehead atoms. The number of nitrogen functional groups attached to an aromatic ring is 1. The number of hydrogen-bond acceptors (Lipinski definition) is 4. The Balaban J connectivity index is 2.34. The van der Waals surface area contributed by atoms with Crippen LogP contribution in [0.15, 0.2) is 24.3 Å². The molecule has 110 valence electrons. The van der Waals surface area contributed by atoms with Crippen LogP contribution in [0.5, 0.6) is 0 Å². The van der Waals surface area contributed by atoms with Gasteiger partial charge >= 0.3 is 12.0 Å². The first-order chi connectivity index (χ1) is 9.75. The standard InChI is InChI=1S/C13H14N4O4/c1-13(8-4-2-7(3-5-8)10(14)15)11(20)17(6-9(18)19)12(21)16-13/h2-5H,6H2,1H3,(H3,14,15)(H,16,21)(H,18,19)/t13-/m0/s1. The molecule has 1 atom stereocenters. The molecular formula is C13H14N4O4. The Labute approximate surface area is 120 Å². The molecule has 8 nitrogen and oxygen atoms in total. The van der Waals surface area contributed by atoms with Crippen LogP contribution in [0.4, 0.5) is 4.79 Å². The molecule has 1 aliphatic heterocycles. The second-order valence-electron chi connectivity index (χ2n) is 4.83. The summed E-state index contributed by atoms with van der Waals surface area (Å²) in [5.41, 5.74) is 4.99. The molecule has 1 aromatic rings. The normalized spacial score (nSPS) is 21.3. The fourth-order valence-corrected chi connectivity index (χ4v) is 2.15. The van der Waals surface area contributed by atoms with Gasteiger partial charge in [0.1, 0.15) is 17.9 Å². The molecule has 0 spiro atoms. The summed E-state index contributed by atoms with van der Waals surface area (Å²) in [7, 11) is 0. The Bertz CT molecular complexity index is 640. The molecule has 5 N–H and O–H groups in total. The Morgan fingerprint density at radius 1 is 1.38 bits per heavy atom. The lowest BCUT2D eigenvalue weighted by Crippen LogP contribution is -2.41. The zero-order valence-corrected chi connectivity index (χ0v) is 11.2. The Kier molecular flexibility index (Phi) is 3.38. The average molecular weight is 290 g/mol. The van der Waals surface area contributed by atoms with Crippen molar-refractivity contribution in [1.82, 2.24) is 10.2 Å².